The SMILES string of the molecule is Cc1ccc(N(CCC(=O)N(C)Cc2ccccc2)S(C)(=O)=O)c(C)c1. The minimum Gasteiger partial charge on any atom is -0.341 e. The Bertz CT molecular complexity index is 864. The third kappa shape index (κ3) is 5.33. The normalized spacial score (nSPS) is 11.2. The van der Waals surface area contributed by atoms with Gasteiger partial charge in [-0.1, -0.05) is 48.0 Å². The molecular formula is C20H26N2O3S. The maximum atomic E-state index is 12.5. The van der Waals surface area contributed by atoms with Crippen LogP contribution in [0.3, 0.4) is 0 Å². The van der Waals surface area contributed by atoms with E-state index in [2.05, 4.69) is 0 Å². The van der Waals surface area contributed by atoms with Gasteiger partial charge in [0.25, 0.3) is 0 Å². The van der Waals surface area contributed by atoms with E-state index in [1.165, 1.54) is 10.6 Å². The standard InChI is InChI=1S/C20H26N2O3S/c1-16-10-11-19(17(2)14-16)22(26(4,24)25)13-12-20(23)21(3)15-18-8-6-5-7-9-18/h5-11,14H,12-13,15H2,1-4H3. The molecular weight excluding hydrogens is 348 g/mol. The van der Waals surface area contributed by atoms with Crippen LogP contribution in [0.15, 0.2) is 48.5 Å². The smallest absolute Gasteiger partial charge is 0.232 e. The fourth-order valence-electron chi connectivity index (χ4n) is 2.88. The van der Waals surface area contributed by atoms with Crippen LogP contribution in [0.5, 0.6) is 0 Å². The van der Waals surface area contributed by atoms with Crippen LogP contribution in [0.25, 0.3) is 0 Å². The van der Waals surface area contributed by atoms with E-state index in [4.69, 9.17) is 0 Å². The van der Waals surface area contributed by atoms with Crippen molar-refractivity contribution >= 4 is 21.6 Å². The summed E-state index contributed by atoms with van der Waals surface area (Å²) in [7, 11) is -1.74. The van der Waals surface area contributed by atoms with Crippen LogP contribution in [0.4, 0.5) is 5.69 Å². The molecule has 0 aliphatic carbocycles. The van der Waals surface area contributed by atoms with Crippen LogP contribution in [0.2, 0.25) is 0 Å². The van der Waals surface area contributed by atoms with Crippen LogP contribution in [-0.4, -0.2) is 39.1 Å². The molecule has 0 saturated carbocycles. The minimum atomic E-state index is -3.47. The molecule has 0 aliphatic heterocycles. The first-order valence-corrected chi connectivity index (χ1v) is 10.4. The number of rotatable bonds is 7. The molecule has 26 heavy (non-hydrogen) atoms. The summed E-state index contributed by atoms with van der Waals surface area (Å²) in [5, 5.41) is 0. The third-order valence-electron chi connectivity index (χ3n) is 4.24. The average molecular weight is 375 g/mol. The van der Waals surface area contributed by atoms with Crippen molar-refractivity contribution < 1.29 is 13.2 Å². The van der Waals surface area contributed by atoms with Gasteiger partial charge in [0.1, 0.15) is 0 Å². The van der Waals surface area contributed by atoms with E-state index >= 15 is 0 Å². The highest BCUT2D eigenvalue weighted by molar-refractivity contribution is 7.92. The third-order valence-corrected chi connectivity index (χ3v) is 5.42. The van der Waals surface area contributed by atoms with Crippen molar-refractivity contribution in [2.45, 2.75) is 26.8 Å². The Morgan fingerprint density at radius 3 is 2.27 bits per heavy atom. The lowest BCUT2D eigenvalue weighted by atomic mass is 10.1. The zero-order chi connectivity index (χ0) is 19.3. The molecule has 0 atom stereocenters. The summed E-state index contributed by atoms with van der Waals surface area (Å²) in [5.74, 6) is -0.0905. The van der Waals surface area contributed by atoms with Gasteiger partial charge in [0.2, 0.25) is 15.9 Å². The van der Waals surface area contributed by atoms with Crippen LogP contribution in [-0.2, 0) is 21.4 Å². The molecule has 2 rings (SSSR count). The van der Waals surface area contributed by atoms with Crippen molar-refractivity contribution in [1.29, 1.82) is 0 Å². The summed E-state index contributed by atoms with van der Waals surface area (Å²) in [6.45, 7) is 4.47. The van der Waals surface area contributed by atoms with Crippen molar-refractivity contribution in [3.8, 4) is 0 Å². The first-order valence-electron chi connectivity index (χ1n) is 8.51. The van der Waals surface area contributed by atoms with Crippen molar-refractivity contribution in [1.82, 2.24) is 4.90 Å². The first-order chi connectivity index (χ1) is 12.2. The molecule has 2 aromatic rings. The van der Waals surface area contributed by atoms with E-state index in [0.717, 1.165) is 16.7 Å². The molecule has 1 amide bonds. The second kappa shape index (κ2) is 8.36. The molecule has 6 heteroatoms. The number of anilines is 1. The van der Waals surface area contributed by atoms with Gasteiger partial charge >= 0.3 is 0 Å². The van der Waals surface area contributed by atoms with E-state index in [1.54, 1.807) is 18.0 Å². The molecule has 0 spiro atoms. The fourth-order valence-corrected chi connectivity index (χ4v) is 3.87. The van der Waals surface area contributed by atoms with Gasteiger partial charge in [-0.15, -0.1) is 0 Å². The van der Waals surface area contributed by atoms with Gasteiger partial charge < -0.3 is 4.90 Å². The molecule has 0 saturated heterocycles. The predicted molar refractivity (Wildman–Crippen MR) is 106 cm³/mol. The number of hydrogen-bond donors (Lipinski definition) is 0. The quantitative estimate of drug-likeness (QED) is 0.748. The average Bonchev–Trinajstić information content (AvgIpc) is 2.56. The molecule has 0 aromatic heterocycles. The molecule has 2 aromatic carbocycles. The van der Waals surface area contributed by atoms with Gasteiger partial charge in [0.15, 0.2) is 0 Å². The summed E-state index contributed by atoms with van der Waals surface area (Å²) in [6.07, 6.45) is 1.30. The summed E-state index contributed by atoms with van der Waals surface area (Å²) >= 11 is 0. The zero-order valence-corrected chi connectivity index (χ0v) is 16.6. The number of amides is 1. The van der Waals surface area contributed by atoms with Gasteiger partial charge in [-0.2, -0.15) is 0 Å². The maximum absolute atomic E-state index is 12.5. The molecule has 0 unspecified atom stereocenters. The highest BCUT2D eigenvalue weighted by Gasteiger charge is 2.21. The lowest BCUT2D eigenvalue weighted by Gasteiger charge is -2.25. The van der Waals surface area contributed by atoms with Crippen LogP contribution >= 0.6 is 0 Å². The van der Waals surface area contributed by atoms with Crippen LogP contribution < -0.4 is 4.31 Å². The minimum absolute atomic E-state index is 0.0905. The Hall–Kier alpha value is -2.34. The number of nitrogens with zero attached hydrogens (tertiary/aromatic N) is 2. The zero-order valence-electron chi connectivity index (χ0n) is 15.8. The van der Waals surface area contributed by atoms with Gasteiger partial charge in [-0.25, -0.2) is 8.42 Å². The number of hydrogen-bond acceptors (Lipinski definition) is 3. The Morgan fingerprint density at radius 2 is 1.69 bits per heavy atom. The molecule has 0 N–H and O–H groups in total. The number of carbonyl (C=O) groups excluding carboxylic acids is 1. The molecule has 140 valence electrons. The van der Waals surface area contributed by atoms with Crippen molar-refractivity contribution in [2.24, 2.45) is 0 Å². The molecule has 0 radical (unpaired) electrons. The van der Waals surface area contributed by atoms with Gasteiger partial charge in [0.05, 0.1) is 11.9 Å². The predicted octanol–water partition coefficient (Wildman–Crippen LogP) is 3.12. The van der Waals surface area contributed by atoms with Gasteiger partial charge in [-0.05, 0) is 31.0 Å². The van der Waals surface area contributed by atoms with Gasteiger partial charge in [0, 0.05) is 26.6 Å². The lowest BCUT2D eigenvalue weighted by molar-refractivity contribution is -0.130. The number of carbonyl (C=O) groups is 1. The van der Waals surface area contributed by atoms with Gasteiger partial charge in [-0.3, -0.25) is 9.10 Å². The Morgan fingerprint density at radius 1 is 1.04 bits per heavy atom. The van der Waals surface area contributed by atoms with E-state index < -0.39 is 10.0 Å². The van der Waals surface area contributed by atoms with E-state index in [9.17, 15) is 13.2 Å². The largest absolute Gasteiger partial charge is 0.341 e. The maximum Gasteiger partial charge on any atom is 0.232 e. The molecule has 0 heterocycles. The monoisotopic (exact) mass is 374 g/mol. The fraction of sp³-hybridized carbons (Fsp3) is 0.350. The van der Waals surface area contributed by atoms with Crippen molar-refractivity contribution in [3.05, 3.63) is 65.2 Å². The second-order valence-electron chi connectivity index (χ2n) is 6.61. The molecule has 0 aliphatic rings. The number of aryl methyl sites for hydroxylation is 2. The molecule has 5 nitrogen and oxygen atoms in total. The highest BCUT2D eigenvalue weighted by Crippen LogP contribution is 2.24. The van der Waals surface area contributed by atoms with E-state index in [0.29, 0.717) is 12.2 Å². The summed E-state index contributed by atoms with van der Waals surface area (Å²) in [5.41, 5.74) is 3.60. The molecule has 0 bridgehead atoms. The summed E-state index contributed by atoms with van der Waals surface area (Å²) < 4.78 is 25.8. The van der Waals surface area contributed by atoms with Crippen molar-refractivity contribution in [2.75, 3.05) is 24.2 Å². The number of benzene rings is 2. The summed E-state index contributed by atoms with van der Waals surface area (Å²) in [4.78, 5) is 14.1. The Balaban J connectivity index is 2.08. The van der Waals surface area contributed by atoms with E-state index in [-0.39, 0.29) is 18.9 Å². The highest BCUT2D eigenvalue weighted by atomic mass is 32.2. The molecule has 0 fully saturated rings. The Labute approximate surface area is 156 Å². The van der Waals surface area contributed by atoms with Crippen LogP contribution in [0.1, 0.15) is 23.1 Å². The summed E-state index contributed by atoms with van der Waals surface area (Å²) in [6, 6.07) is 15.3. The van der Waals surface area contributed by atoms with Crippen LogP contribution in [0, 0.1) is 13.8 Å². The topological polar surface area (TPSA) is 57.7 Å². The second-order valence-corrected chi connectivity index (χ2v) is 8.52. The Kier molecular flexibility index (Phi) is 6.42. The number of sulfonamides is 1. The lowest BCUT2D eigenvalue weighted by Crippen LogP contribution is -2.35. The first kappa shape index (κ1) is 20.0. The van der Waals surface area contributed by atoms with E-state index in [1.807, 2.05) is 56.3 Å². The van der Waals surface area contributed by atoms with Crippen molar-refractivity contribution in [3.63, 3.8) is 0 Å².